The number of para-hydroxylation sites is 1. The third kappa shape index (κ3) is 5.59. The van der Waals surface area contributed by atoms with E-state index in [1.165, 1.54) is 61.2 Å². The maximum Gasteiger partial charge on any atom is 0.0537 e. The number of hydrogen-bond acceptors (Lipinski definition) is 1. The molecule has 0 amide bonds. The van der Waals surface area contributed by atoms with E-state index >= 15 is 0 Å². The van der Waals surface area contributed by atoms with Crippen molar-refractivity contribution in [1.29, 1.82) is 0 Å². The summed E-state index contributed by atoms with van der Waals surface area (Å²) >= 11 is 0. The molecule has 2 aliphatic rings. The number of rotatable bonds is 7. The first kappa shape index (κ1) is 30.0. The second kappa shape index (κ2) is 13.1. The normalized spacial score (nSPS) is 13.6. The van der Waals surface area contributed by atoms with Gasteiger partial charge in [0, 0.05) is 39.4 Å². The average molecular weight is 643 g/mol. The fourth-order valence-corrected chi connectivity index (χ4v) is 7.58. The van der Waals surface area contributed by atoms with Gasteiger partial charge in [-0.2, -0.15) is 0 Å². The van der Waals surface area contributed by atoms with Crippen LogP contribution in [0, 0.1) is 0 Å². The van der Waals surface area contributed by atoms with Gasteiger partial charge in [0.1, 0.15) is 0 Å². The summed E-state index contributed by atoms with van der Waals surface area (Å²) < 4.78 is 2.45. The van der Waals surface area contributed by atoms with E-state index in [0.717, 1.165) is 42.7 Å². The molecule has 50 heavy (non-hydrogen) atoms. The molecule has 0 radical (unpaired) electrons. The van der Waals surface area contributed by atoms with Crippen LogP contribution in [-0.2, 0) is 6.42 Å². The maximum absolute atomic E-state index is 2.45. The molecule has 2 aliphatic carbocycles. The van der Waals surface area contributed by atoms with Crippen molar-refractivity contribution in [3.8, 4) is 27.9 Å². The summed E-state index contributed by atoms with van der Waals surface area (Å²) in [5.74, 6) is 0. The zero-order valence-electron chi connectivity index (χ0n) is 28.0. The Morgan fingerprint density at radius 1 is 0.440 bits per heavy atom. The lowest BCUT2D eigenvalue weighted by atomic mass is 9.99. The zero-order chi connectivity index (χ0) is 33.3. The first-order chi connectivity index (χ1) is 24.8. The van der Waals surface area contributed by atoms with Crippen LogP contribution in [0.25, 0.3) is 50.5 Å². The van der Waals surface area contributed by atoms with E-state index in [9.17, 15) is 0 Å². The molecule has 0 saturated carbocycles. The predicted octanol–water partition coefficient (Wildman–Crippen LogP) is 13.1. The molecular weight excluding hydrogens is 605 g/mol. The number of fused-ring (bicyclic) bond motifs is 3. The molecular formula is C48H38N2. The van der Waals surface area contributed by atoms with Gasteiger partial charge < -0.3 is 9.47 Å². The van der Waals surface area contributed by atoms with E-state index < -0.39 is 0 Å². The number of allylic oxidation sites excluding steroid dienone is 5. The summed E-state index contributed by atoms with van der Waals surface area (Å²) in [6.45, 7) is 0. The highest BCUT2D eigenvalue weighted by Crippen LogP contribution is 2.38. The Morgan fingerprint density at radius 3 is 1.60 bits per heavy atom. The van der Waals surface area contributed by atoms with Crippen molar-refractivity contribution in [3.63, 3.8) is 0 Å². The van der Waals surface area contributed by atoms with Crippen molar-refractivity contribution in [1.82, 2.24) is 4.57 Å². The molecule has 0 N–H and O–H groups in total. The molecule has 6 aromatic carbocycles. The SMILES string of the molecule is C1=CC(c2ccc(N(c3ccc(-c4ccccc4)cc3)c3ccc(-c4ccc(-n5c6c(c7ccccc75)C=CCC6)cc4)cc3)cc2)=CCC1. The number of benzene rings is 6. The molecule has 0 saturated heterocycles. The Balaban J connectivity index is 1.04. The van der Waals surface area contributed by atoms with Crippen LogP contribution in [0.3, 0.4) is 0 Å². The zero-order valence-corrected chi connectivity index (χ0v) is 28.0. The predicted molar refractivity (Wildman–Crippen MR) is 213 cm³/mol. The minimum Gasteiger partial charge on any atom is -0.313 e. The molecule has 0 aliphatic heterocycles. The van der Waals surface area contributed by atoms with E-state index in [1.807, 2.05) is 0 Å². The van der Waals surface area contributed by atoms with Gasteiger partial charge >= 0.3 is 0 Å². The first-order valence-corrected chi connectivity index (χ1v) is 17.7. The highest BCUT2D eigenvalue weighted by Gasteiger charge is 2.18. The van der Waals surface area contributed by atoms with Crippen LogP contribution < -0.4 is 4.90 Å². The minimum atomic E-state index is 1.06. The summed E-state index contributed by atoms with van der Waals surface area (Å²) in [4.78, 5) is 2.35. The van der Waals surface area contributed by atoms with Crippen LogP contribution >= 0.6 is 0 Å². The van der Waals surface area contributed by atoms with E-state index in [0.29, 0.717) is 0 Å². The average Bonchev–Trinajstić information content (AvgIpc) is 3.54. The van der Waals surface area contributed by atoms with Gasteiger partial charge in [-0.05, 0) is 114 Å². The van der Waals surface area contributed by atoms with Crippen molar-refractivity contribution in [2.45, 2.75) is 25.7 Å². The molecule has 2 heteroatoms. The Bertz CT molecular complexity index is 2370. The van der Waals surface area contributed by atoms with Crippen molar-refractivity contribution >= 4 is 39.6 Å². The first-order valence-electron chi connectivity index (χ1n) is 17.7. The molecule has 0 spiro atoms. The summed E-state index contributed by atoms with van der Waals surface area (Å²) in [5, 5.41) is 1.33. The summed E-state index contributed by atoms with van der Waals surface area (Å²) in [7, 11) is 0. The third-order valence-electron chi connectivity index (χ3n) is 10.1. The van der Waals surface area contributed by atoms with Gasteiger partial charge in [0.05, 0.1) is 5.52 Å². The molecule has 9 rings (SSSR count). The van der Waals surface area contributed by atoms with E-state index in [4.69, 9.17) is 0 Å². The van der Waals surface area contributed by atoms with Crippen LogP contribution in [0.5, 0.6) is 0 Å². The molecule has 240 valence electrons. The molecule has 2 nitrogen and oxygen atoms in total. The van der Waals surface area contributed by atoms with E-state index in [-0.39, 0.29) is 0 Å². The van der Waals surface area contributed by atoms with Crippen LogP contribution in [0.2, 0.25) is 0 Å². The number of anilines is 3. The van der Waals surface area contributed by atoms with Crippen LogP contribution in [0.1, 0.15) is 36.1 Å². The maximum atomic E-state index is 2.45. The van der Waals surface area contributed by atoms with Gasteiger partial charge in [-0.25, -0.2) is 0 Å². The van der Waals surface area contributed by atoms with Crippen molar-refractivity contribution in [2.24, 2.45) is 0 Å². The highest BCUT2D eigenvalue weighted by atomic mass is 15.1. The van der Waals surface area contributed by atoms with Crippen molar-refractivity contribution < 1.29 is 0 Å². The lowest BCUT2D eigenvalue weighted by Gasteiger charge is -2.26. The monoisotopic (exact) mass is 642 g/mol. The molecule has 0 bridgehead atoms. The van der Waals surface area contributed by atoms with Gasteiger partial charge in [0.25, 0.3) is 0 Å². The largest absolute Gasteiger partial charge is 0.313 e. The highest BCUT2D eigenvalue weighted by molar-refractivity contribution is 5.93. The topological polar surface area (TPSA) is 8.17 Å². The number of nitrogens with zero attached hydrogens (tertiary/aromatic N) is 2. The molecule has 0 atom stereocenters. The standard InChI is InChI=1S/C48H38N2/c1-3-11-35(12-4-1)37-19-27-41(28-20-37)49(42-29-21-38(22-30-42)36-13-5-2-6-14-36)43-31-23-39(24-32-43)40-25-33-44(34-26-40)50-47-17-9-7-15-45(47)46-16-8-10-18-48(46)50/h1,3-5,7-9,11-17,19-34H,2,6,10,18H2. The third-order valence-corrected chi connectivity index (χ3v) is 10.1. The molecule has 7 aromatic rings. The van der Waals surface area contributed by atoms with Gasteiger partial charge in [-0.3, -0.25) is 0 Å². The lowest BCUT2D eigenvalue weighted by Crippen LogP contribution is -2.10. The number of hydrogen-bond donors (Lipinski definition) is 0. The van der Waals surface area contributed by atoms with Gasteiger partial charge in [0.2, 0.25) is 0 Å². The minimum absolute atomic E-state index is 1.06. The Hall–Kier alpha value is -6.12. The summed E-state index contributed by atoms with van der Waals surface area (Å²) in [5.41, 5.74) is 16.1. The quantitative estimate of drug-likeness (QED) is 0.168. The Labute approximate surface area is 294 Å². The smallest absolute Gasteiger partial charge is 0.0537 e. The second-order valence-electron chi connectivity index (χ2n) is 13.2. The summed E-state index contributed by atoms with van der Waals surface area (Å²) in [6, 6.07) is 55.3. The molecule has 1 heterocycles. The summed E-state index contributed by atoms with van der Waals surface area (Å²) in [6.07, 6.45) is 15.8. The van der Waals surface area contributed by atoms with Crippen LogP contribution in [0.4, 0.5) is 17.1 Å². The molecule has 0 unspecified atom stereocenters. The Morgan fingerprint density at radius 2 is 0.980 bits per heavy atom. The second-order valence-corrected chi connectivity index (χ2v) is 13.2. The molecule has 0 fully saturated rings. The fourth-order valence-electron chi connectivity index (χ4n) is 7.58. The van der Waals surface area contributed by atoms with Crippen molar-refractivity contribution in [3.05, 3.63) is 193 Å². The molecule has 1 aromatic heterocycles. The van der Waals surface area contributed by atoms with Gasteiger partial charge in [-0.15, -0.1) is 0 Å². The van der Waals surface area contributed by atoms with E-state index in [2.05, 4.69) is 192 Å². The number of aromatic nitrogens is 1. The van der Waals surface area contributed by atoms with E-state index in [1.54, 1.807) is 0 Å². The van der Waals surface area contributed by atoms with Crippen LogP contribution in [0.15, 0.2) is 176 Å². The fraction of sp³-hybridized carbons (Fsp3) is 0.0833. The van der Waals surface area contributed by atoms with Crippen LogP contribution in [-0.4, -0.2) is 4.57 Å². The Kier molecular flexibility index (Phi) is 7.83. The van der Waals surface area contributed by atoms with Gasteiger partial charge in [0.15, 0.2) is 0 Å². The van der Waals surface area contributed by atoms with Gasteiger partial charge in [-0.1, -0.05) is 127 Å². The lowest BCUT2D eigenvalue weighted by molar-refractivity contribution is 0.888. The van der Waals surface area contributed by atoms with Crippen molar-refractivity contribution in [2.75, 3.05) is 4.90 Å².